The van der Waals surface area contributed by atoms with E-state index in [2.05, 4.69) is 5.32 Å². The van der Waals surface area contributed by atoms with Crippen LogP contribution in [0.3, 0.4) is 0 Å². The molecular formula is C27H24ClN3O3. The van der Waals surface area contributed by atoms with Crippen LogP contribution in [0.4, 0.5) is 5.69 Å². The van der Waals surface area contributed by atoms with Gasteiger partial charge in [0.2, 0.25) is 5.91 Å². The molecule has 4 aromatic rings. The number of nitrogens with zero attached hydrogens (tertiary/aromatic N) is 2. The van der Waals surface area contributed by atoms with Crippen molar-refractivity contribution >= 4 is 40.0 Å². The van der Waals surface area contributed by atoms with E-state index in [9.17, 15) is 9.59 Å². The molecule has 6 nitrogen and oxygen atoms in total. The molecule has 0 fully saturated rings. The number of halogens is 1. The summed E-state index contributed by atoms with van der Waals surface area (Å²) in [5, 5.41) is 4.31. The summed E-state index contributed by atoms with van der Waals surface area (Å²) < 4.78 is 7.23. The molecule has 7 heteroatoms. The highest BCUT2D eigenvalue weighted by Gasteiger charge is 2.42. The number of aromatic nitrogens is 1. The first-order chi connectivity index (χ1) is 16.4. The predicted octanol–water partition coefficient (Wildman–Crippen LogP) is 5.33. The molecule has 0 saturated heterocycles. The van der Waals surface area contributed by atoms with E-state index in [0.717, 1.165) is 33.3 Å². The number of ether oxygens (including phenoxy) is 1. The first kappa shape index (κ1) is 22.0. The minimum Gasteiger partial charge on any atom is -0.497 e. The number of nitrogens with one attached hydrogen (secondary N) is 1. The summed E-state index contributed by atoms with van der Waals surface area (Å²) in [5.74, 6) is 0.235. The number of anilines is 1. The molecule has 2 heterocycles. The Labute approximate surface area is 202 Å². The van der Waals surface area contributed by atoms with Crippen molar-refractivity contribution in [3.8, 4) is 5.75 Å². The number of benzene rings is 3. The Hall–Kier alpha value is -3.77. The molecule has 0 aliphatic carbocycles. The summed E-state index contributed by atoms with van der Waals surface area (Å²) >= 11 is 6.30. The van der Waals surface area contributed by atoms with E-state index in [1.807, 2.05) is 73.1 Å². The fraction of sp³-hybridized carbons (Fsp3) is 0.185. The SMILES string of the molecule is COc1ccc([C@H]2c3c(n(C)c4ccccc34)C(=O)N2CC(=O)Nc2ccc(C)cc2Cl)cc1. The average molecular weight is 474 g/mol. The van der Waals surface area contributed by atoms with Gasteiger partial charge in [-0.1, -0.05) is 48.0 Å². The third-order valence-corrected chi connectivity index (χ3v) is 6.65. The number of para-hydroxylation sites is 1. The van der Waals surface area contributed by atoms with E-state index < -0.39 is 6.04 Å². The third kappa shape index (κ3) is 3.60. The summed E-state index contributed by atoms with van der Waals surface area (Å²) in [6, 6.07) is 20.6. The Morgan fingerprint density at radius 2 is 1.82 bits per heavy atom. The maximum absolute atomic E-state index is 13.7. The van der Waals surface area contributed by atoms with Crippen LogP contribution in [-0.2, 0) is 11.8 Å². The molecule has 1 atom stereocenters. The fourth-order valence-electron chi connectivity index (χ4n) is 4.73. The molecule has 0 bridgehead atoms. The van der Waals surface area contributed by atoms with Gasteiger partial charge >= 0.3 is 0 Å². The molecular weight excluding hydrogens is 450 g/mol. The van der Waals surface area contributed by atoms with Crippen molar-refractivity contribution in [1.82, 2.24) is 9.47 Å². The van der Waals surface area contributed by atoms with Gasteiger partial charge in [0, 0.05) is 23.5 Å². The molecule has 3 aromatic carbocycles. The maximum Gasteiger partial charge on any atom is 0.272 e. The molecule has 1 aliphatic rings. The summed E-state index contributed by atoms with van der Waals surface area (Å²) in [6.45, 7) is 1.82. The molecule has 1 aliphatic heterocycles. The van der Waals surface area contributed by atoms with Gasteiger partial charge in [0.05, 0.1) is 23.9 Å². The van der Waals surface area contributed by atoms with Crippen LogP contribution in [0.25, 0.3) is 10.9 Å². The van der Waals surface area contributed by atoms with Gasteiger partial charge in [-0.15, -0.1) is 0 Å². The minimum atomic E-state index is -0.404. The molecule has 1 N–H and O–H groups in total. The van der Waals surface area contributed by atoms with Crippen molar-refractivity contribution in [2.45, 2.75) is 13.0 Å². The van der Waals surface area contributed by atoms with Crippen LogP contribution in [0.1, 0.15) is 33.2 Å². The van der Waals surface area contributed by atoms with Crippen LogP contribution < -0.4 is 10.1 Å². The molecule has 5 rings (SSSR count). The highest BCUT2D eigenvalue weighted by atomic mass is 35.5. The first-order valence-corrected chi connectivity index (χ1v) is 11.3. The number of carbonyl (C=O) groups is 2. The topological polar surface area (TPSA) is 63.6 Å². The van der Waals surface area contributed by atoms with Gasteiger partial charge in [-0.25, -0.2) is 0 Å². The van der Waals surface area contributed by atoms with Crippen molar-refractivity contribution in [3.63, 3.8) is 0 Å². The molecule has 0 unspecified atom stereocenters. The lowest BCUT2D eigenvalue weighted by Crippen LogP contribution is -2.37. The normalized spacial score (nSPS) is 15.0. The van der Waals surface area contributed by atoms with Crippen LogP contribution in [-0.4, -0.2) is 34.9 Å². The Balaban J connectivity index is 1.55. The second kappa shape index (κ2) is 8.54. The van der Waals surface area contributed by atoms with Crippen LogP contribution >= 0.6 is 11.6 Å². The largest absolute Gasteiger partial charge is 0.497 e. The van der Waals surface area contributed by atoms with E-state index >= 15 is 0 Å². The average Bonchev–Trinajstić information content (AvgIpc) is 3.28. The monoisotopic (exact) mass is 473 g/mol. The standard InChI is InChI=1S/C27H24ClN3O3/c1-16-8-13-21(20(28)14-16)29-23(32)15-31-25(17-9-11-18(34-3)12-10-17)24-19-6-4-5-7-22(19)30(2)26(24)27(31)33/h4-14,25H,15H2,1-3H3,(H,29,32)/t25-/m0/s1. The van der Waals surface area contributed by atoms with E-state index in [-0.39, 0.29) is 18.4 Å². The number of rotatable bonds is 5. The van der Waals surface area contributed by atoms with Gasteiger partial charge < -0.3 is 19.5 Å². The number of amides is 2. The number of hydrogen-bond acceptors (Lipinski definition) is 3. The molecule has 172 valence electrons. The van der Waals surface area contributed by atoms with Crippen molar-refractivity contribution in [2.75, 3.05) is 19.0 Å². The van der Waals surface area contributed by atoms with Crippen LogP contribution in [0, 0.1) is 6.92 Å². The number of fused-ring (bicyclic) bond motifs is 3. The van der Waals surface area contributed by atoms with Gasteiger partial charge in [-0.05, 0) is 48.4 Å². The van der Waals surface area contributed by atoms with Crippen LogP contribution in [0.15, 0.2) is 66.7 Å². The van der Waals surface area contributed by atoms with Gasteiger partial charge in [-0.3, -0.25) is 9.59 Å². The van der Waals surface area contributed by atoms with E-state index in [0.29, 0.717) is 16.4 Å². The molecule has 2 amide bonds. The van der Waals surface area contributed by atoms with E-state index in [1.54, 1.807) is 24.1 Å². The smallest absolute Gasteiger partial charge is 0.272 e. The van der Waals surface area contributed by atoms with Gasteiger partial charge in [0.1, 0.15) is 18.0 Å². The quantitative estimate of drug-likeness (QED) is 0.426. The molecule has 0 spiro atoms. The van der Waals surface area contributed by atoms with E-state index in [1.165, 1.54) is 0 Å². The lowest BCUT2D eigenvalue weighted by molar-refractivity contribution is -0.117. The summed E-state index contributed by atoms with van der Waals surface area (Å²) in [7, 11) is 3.50. The van der Waals surface area contributed by atoms with Crippen LogP contribution in [0.5, 0.6) is 5.75 Å². The van der Waals surface area contributed by atoms with Crippen molar-refractivity contribution in [1.29, 1.82) is 0 Å². The van der Waals surface area contributed by atoms with E-state index in [4.69, 9.17) is 16.3 Å². The fourth-order valence-corrected chi connectivity index (χ4v) is 5.01. The molecule has 0 saturated carbocycles. The highest BCUT2D eigenvalue weighted by Crippen LogP contribution is 2.44. The Morgan fingerprint density at radius 1 is 1.09 bits per heavy atom. The van der Waals surface area contributed by atoms with Gasteiger partial charge in [0.15, 0.2) is 0 Å². The Bertz CT molecular complexity index is 1430. The number of methoxy groups -OCH3 is 1. The molecule has 0 radical (unpaired) electrons. The summed E-state index contributed by atoms with van der Waals surface area (Å²) in [6.07, 6.45) is 0. The second-order valence-corrected chi connectivity index (χ2v) is 8.89. The first-order valence-electron chi connectivity index (χ1n) is 11.0. The third-order valence-electron chi connectivity index (χ3n) is 6.34. The van der Waals surface area contributed by atoms with Crippen molar-refractivity contribution < 1.29 is 14.3 Å². The molecule has 1 aromatic heterocycles. The predicted molar refractivity (Wildman–Crippen MR) is 134 cm³/mol. The minimum absolute atomic E-state index is 0.108. The number of aryl methyl sites for hydroxylation is 2. The zero-order chi connectivity index (χ0) is 24.0. The van der Waals surface area contributed by atoms with Crippen molar-refractivity contribution in [3.05, 3.63) is 94.1 Å². The lowest BCUT2D eigenvalue weighted by Gasteiger charge is -2.26. The van der Waals surface area contributed by atoms with Crippen LogP contribution in [0.2, 0.25) is 5.02 Å². The second-order valence-electron chi connectivity index (χ2n) is 8.48. The zero-order valence-corrected chi connectivity index (χ0v) is 19.9. The summed E-state index contributed by atoms with van der Waals surface area (Å²) in [5.41, 5.74) is 4.92. The zero-order valence-electron chi connectivity index (χ0n) is 19.1. The summed E-state index contributed by atoms with van der Waals surface area (Å²) in [4.78, 5) is 28.3. The van der Waals surface area contributed by atoms with Gasteiger partial charge in [0.25, 0.3) is 5.91 Å². The Morgan fingerprint density at radius 3 is 2.53 bits per heavy atom. The number of carbonyl (C=O) groups excluding carboxylic acids is 2. The number of hydrogen-bond donors (Lipinski definition) is 1. The Kier molecular flexibility index (Phi) is 5.54. The van der Waals surface area contributed by atoms with Crippen molar-refractivity contribution in [2.24, 2.45) is 7.05 Å². The highest BCUT2D eigenvalue weighted by molar-refractivity contribution is 6.33. The lowest BCUT2D eigenvalue weighted by atomic mass is 9.98. The molecule has 34 heavy (non-hydrogen) atoms. The van der Waals surface area contributed by atoms with Gasteiger partial charge in [-0.2, -0.15) is 0 Å². The maximum atomic E-state index is 13.7.